The topological polar surface area (TPSA) is 80.0 Å². The van der Waals surface area contributed by atoms with Crippen LogP contribution in [0.1, 0.15) is 26.3 Å². The molecule has 7 heteroatoms. The summed E-state index contributed by atoms with van der Waals surface area (Å²) in [6.07, 6.45) is -0.368. The van der Waals surface area contributed by atoms with Gasteiger partial charge in [-0.15, -0.1) is 24.0 Å². The third-order valence-electron chi connectivity index (χ3n) is 2.75. The van der Waals surface area contributed by atoms with Crippen molar-refractivity contribution in [3.63, 3.8) is 0 Å². The Morgan fingerprint density at radius 3 is 2.39 bits per heavy atom. The normalized spacial score (nSPS) is 11.4. The molecule has 0 unspecified atom stereocenters. The largest absolute Gasteiger partial charge is 0.444 e. The maximum Gasteiger partial charge on any atom is 0.410 e. The number of carbonyl (C=O) groups is 1. The molecule has 6 nitrogen and oxygen atoms in total. The smallest absolute Gasteiger partial charge is 0.410 e. The molecule has 0 aliphatic rings. The minimum Gasteiger partial charge on any atom is -0.444 e. The van der Waals surface area contributed by atoms with Crippen LogP contribution in [0, 0.1) is 6.92 Å². The molecule has 0 heterocycles. The number of nitrogens with one attached hydrogen (secondary N) is 1. The lowest BCUT2D eigenvalue weighted by Gasteiger charge is -2.24. The number of hydrogen-bond donors (Lipinski definition) is 2. The number of halogens is 1. The molecule has 130 valence electrons. The van der Waals surface area contributed by atoms with Gasteiger partial charge in [-0.3, -0.25) is 4.99 Å². The van der Waals surface area contributed by atoms with E-state index in [0.29, 0.717) is 19.0 Å². The van der Waals surface area contributed by atoms with Crippen molar-refractivity contribution in [2.24, 2.45) is 10.7 Å². The molecule has 0 aliphatic carbocycles. The van der Waals surface area contributed by atoms with Gasteiger partial charge in [0.1, 0.15) is 5.60 Å². The number of hydrogen-bond acceptors (Lipinski definition) is 3. The first kappa shape index (κ1) is 21.5. The van der Waals surface area contributed by atoms with E-state index in [1.165, 1.54) is 10.5 Å². The number of anilines is 1. The Hall–Kier alpha value is -1.51. The predicted octanol–water partition coefficient (Wildman–Crippen LogP) is 3.21. The first-order valence-electron chi connectivity index (χ1n) is 7.25. The second-order valence-corrected chi connectivity index (χ2v) is 6.16. The zero-order valence-electron chi connectivity index (χ0n) is 14.4. The highest BCUT2D eigenvalue weighted by Gasteiger charge is 2.18. The quantitative estimate of drug-likeness (QED) is 0.434. The Bertz CT molecular complexity index is 524. The maximum absolute atomic E-state index is 11.8. The fraction of sp³-hybridized carbons (Fsp3) is 0.500. The van der Waals surface area contributed by atoms with E-state index in [1.807, 2.05) is 52.0 Å². The van der Waals surface area contributed by atoms with Gasteiger partial charge < -0.3 is 20.7 Å². The van der Waals surface area contributed by atoms with Crippen LogP contribution in [0.4, 0.5) is 10.5 Å². The zero-order chi connectivity index (χ0) is 16.8. The monoisotopic (exact) mass is 434 g/mol. The third kappa shape index (κ3) is 9.27. The highest BCUT2D eigenvalue weighted by atomic mass is 127. The molecule has 0 saturated heterocycles. The number of benzene rings is 1. The minimum atomic E-state index is -0.499. The molecule has 0 fully saturated rings. The Labute approximate surface area is 155 Å². The number of carbonyl (C=O) groups excluding carboxylic acids is 1. The van der Waals surface area contributed by atoms with Crippen molar-refractivity contribution in [2.75, 3.05) is 25.5 Å². The molecule has 1 aromatic carbocycles. The summed E-state index contributed by atoms with van der Waals surface area (Å²) >= 11 is 0. The average molecular weight is 434 g/mol. The number of guanidine groups is 1. The van der Waals surface area contributed by atoms with Crippen molar-refractivity contribution in [3.8, 4) is 0 Å². The van der Waals surface area contributed by atoms with Gasteiger partial charge in [0.2, 0.25) is 0 Å². The molecule has 0 radical (unpaired) electrons. The molecule has 0 aromatic heterocycles. The Kier molecular flexibility index (Phi) is 8.96. The van der Waals surface area contributed by atoms with Gasteiger partial charge in [-0.2, -0.15) is 0 Å². The van der Waals surface area contributed by atoms with Crippen molar-refractivity contribution in [1.82, 2.24) is 4.90 Å². The number of rotatable bonds is 4. The predicted molar refractivity (Wildman–Crippen MR) is 106 cm³/mol. The Morgan fingerprint density at radius 2 is 1.87 bits per heavy atom. The van der Waals surface area contributed by atoms with Crippen LogP contribution in [0.2, 0.25) is 0 Å². The number of nitrogens with two attached hydrogens (primary N) is 1. The van der Waals surface area contributed by atoms with Gasteiger partial charge in [-0.05, 0) is 39.8 Å². The maximum atomic E-state index is 11.8. The molecular formula is C16H27IN4O2. The fourth-order valence-corrected chi connectivity index (χ4v) is 1.58. The lowest BCUT2D eigenvalue weighted by atomic mass is 10.2. The number of likely N-dealkylation sites (N-methyl/N-ethyl adjacent to an activating group) is 1. The van der Waals surface area contributed by atoms with Crippen molar-refractivity contribution in [2.45, 2.75) is 33.3 Å². The number of nitrogens with zero attached hydrogens (tertiary/aromatic N) is 2. The van der Waals surface area contributed by atoms with Crippen LogP contribution in [0.25, 0.3) is 0 Å². The molecule has 0 bridgehead atoms. The van der Waals surface area contributed by atoms with Gasteiger partial charge in [0.05, 0.1) is 6.54 Å². The Balaban J connectivity index is 0.00000484. The van der Waals surface area contributed by atoms with E-state index in [-0.39, 0.29) is 30.1 Å². The fourth-order valence-electron chi connectivity index (χ4n) is 1.58. The minimum absolute atomic E-state index is 0. The number of aryl methyl sites for hydroxylation is 1. The van der Waals surface area contributed by atoms with Crippen LogP contribution in [0.3, 0.4) is 0 Å². The van der Waals surface area contributed by atoms with Crippen molar-refractivity contribution < 1.29 is 9.53 Å². The van der Waals surface area contributed by atoms with Gasteiger partial charge >= 0.3 is 6.09 Å². The molecular weight excluding hydrogens is 407 g/mol. The van der Waals surface area contributed by atoms with E-state index in [0.717, 1.165) is 5.69 Å². The summed E-state index contributed by atoms with van der Waals surface area (Å²) in [5, 5.41) is 3.00. The van der Waals surface area contributed by atoms with E-state index in [9.17, 15) is 4.79 Å². The van der Waals surface area contributed by atoms with Crippen LogP contribution < -0.4 is 11.1 Å². The number of aliphatic imine (C=N–C) groups is 1. The van der Waals surface area contributed by atoms with E-state index in [2.05, 4.69) is 10.3 Å². The van der Waals surface area contributed by atoms with E-state index in [1.54, 1.807) is 7.05 Å². The van der Waals surface area contributed by atoms with E-state index >= 15 is 0 Å². The van der Waals surface area contributed by atoms with Gasteiger partial charge in [0.25, 0.3) is 0 Å². The molecule has 23 heavy (non-hydrogen) atoms. The number of ether oxygens (including phenoxy) is 1. The molecule has 0 saturated carbocycles. The average Bonchev–Trinajstić information content (AvgIpc) is 2.39. The summed E-state index contributed by atoms with van der Waals surface area (Å²) in [5.41, 5.74) is 7.38. The molecule has 1 aromatic rings. The third-order valence-corrected chi connectivity index (χ3v) is 2.75. The second-order valence-electron chi connectivity index (χ2n) is 6.16. The summed E-state index contributed by atoms with van der Waals surface area (Å²) in [7, 11) is 1.67. The lowest BCUT2D eigenvalue weighted by Crippen LogP contribution is -2.36. The Morgan fingerprint density at radius 1 is 1.30 bits per heavy atom. The summed E-state index contributed by atoms with van der Waals surface area (Å²) in [5.74, 6) is 0.321. The van der Waals surface area contributed by atoms with Crippen LogP contribution in [0.5, 0.6) is 0 Å². The van der Waals surface area contributed by atoms with Crippen LogP contribution in [-0.2, 0) is 4.74 Å². The molecule has 3 N–H and O–H groups in total. The van der Waals surface area contributed by atoms with Gasteiger partial charge in [-0.1, -0.05) is 17.7 Å². The first-order chi connectivity index (χ1) is 10.2. The molecule has 1 rings (SSSR count). The van der Waals surface area contributed by atoms with Crippen LogP contribution >= 0.6 is 24.0 Å². The zero-order valence-corrected chi connectivity index (χ0v) is 16.8. The van der Waals surface area contributed by atoms with Gasteiger partial charge in [-0.25, -0.2) is 4.79 Å². The van der Waals surface area contributed by atoms with E-state index in [4.69, 9.17) is 10.5 Å². The lowest BCUT2D eigenvalue weighted by molar-refractivity contribution is 0.0304. The highest BCUT2D eigenvalue weighted by molar-refractivity contribution is 14.0. The van der Waals surface area contributed by atoms with E-state index < -0.39 is 5.60 Å². The summed E-state index contributed by atoms with van der Waals surface area (Å²) in [6, 6.07) is 7.85. The van der Waals surface area contributed by atoms with Crippen molar-refractivity contribution in [1.29, 1.82) is 0 Å². The molecule has 0 spiro atoms. The van der Waals surface area contributed by atoms with Crippen LogP contribution in [0.15, 0.2) is 29.3 Å². The summed E-state index contributed by atoms with van der Waals surface area (Å²) in [6.45, 7) is 8.36. The second kappa shape index (κ2) is 9.59. The van der Waals surface area contributed by atoms with Gasteiger partial charge in [0.15, 0.2) is 5.96 Å². The molecule has 1 amide bonds. The van der Waals surface area contributed by atoms with Crippen LogP contribution in [-0.4, -0.2) is 42.7 Å². The van der Waals surface area contributed by atoms with Crippen molar-refractivity contribution >= 4 is 41.7 Å². The first-order valence-corrected chi connectivity index (χ1v) is 7.25. The summed E-state index contributed by atoms with van der Waals surface area (Å²) < 4.78 is 5.26. The SMILES string of the molecule is Cc1ccc(NC(N)=NCCN(C)C(=O)OC(C)(C)C)cc1.I. The summed E-state index contributed by atoms with van der Waals surface area (Å²) in [4.78, 5) is 17.4. The standard InChI is InChI=1S/C16H26N4O2.HI/c1-12-6-8-13(9-7-12)19-14(17)18-10-11-20(5)15(21)22-16(2,3)4;/h6-9H,10-11H2,1-5H3,(H3,17,18,19);1H. The highest BCUT2D eigenvalue weighted by Crippen LogP contribution is 2.09. The van der Waals surface area contributed by atoms with Crippen molar-refractivity contribution in [3.05, 3.63) is 29.8 Å². The molecule has 0 aliphatic heterocycles. The van der Waals surface area contributed by atoms with Gasteiger partial charge in [0, 0.05) is 19.3 Å². The number of amides is 1. The molecule has 0 atom stereocenters.